The lowest BCUT2D eigenvalue weighted by atomic mass is 10.3. The molecule has 1 N–H and O–H groups in total. The monoisotopic (exact) mass is 379 g/mol. The molecule has 0 aliphatic carbocycles. The largest absolute Gasteiger partial charge is 0.281 e. The van der Waals surface area contributed by atoms with Crippen molar-refractivity contribution in [3.63, 3.8) is 0 Å². The van der Waals surface area contributed by atoms with Crippen LogP contribution >= 0.6 is 10.7 Å². The molecule has 1 aromatic rings. The van der Waals surface area contributed by atoms with Crippen LogP contribution < -0.4 is 4.72 Å². The molecule has 0 saturated carbocycles. The van der Waals surface area contributed by atoms with Crippen molar-refractivity contribution in [3.8, 4) is 0 Å². The number of nitrogens with one attached hydrogen (secondary N) is 1. The van der Waals surface area contributed by atoms with E-state index < -0.39 is 56.8 Å². The molecule has 0 aliphatic rings. The normalized spacial score (nSPS) is 13.1. The van der Waals surface area contributed by atoms with Crippen LogP contribution in [0.3, 0.4) is 0 Å². The summed E-state index contributed by atoms with van der Waals surface area (Å²) in [5.74, 6) is -2.53. The fraction of sp³-hybridized carbons (Fsp3) is 0.333. The highest BCUT2D eigenvalue weighted by molar-refractivity contribution is 8.13. The van der Waals surface area contributed by atoms with E-state index in [4.69, 9.17) is 10.7 Å². The molecule has 1 aromatic carbocycles. The molecule has 7 nitrogen and oxygen atoms in total. The van der Waals surface area contributed by atoms with Crippen molar-refractivity contribution in [2.45, 2.75) is 4.90 Å². The molecule has 0 atom stereocenters. The fourth-order valence-electron chi connectivity index (χ4n) is 1.21. The number of halogens is 2. The lowest BCUT2D eigenvalue weighted by molar-refractivity contribution is 0.591. The molecule has 1 rings (SSSR count). The number of benzene rings is 1. The first kappa shape index (κ1) is 18.1. The number of rotatable bonds is 6. The van der Waals surface area contributed by atoms with Crippen LogP contribution in [0.4, 0.5) is 10.1 Å². The summed E-state index contributed by atoms with van der Waals surface area (Å²) >= 11 is 0. The predicted molar refractivity (Wildman–Crippen MR) is 76.6 cm³/mol. The third kappa shape index (κ3) is 6.16. The van der Waals surface area contributed by atoms with Gasteiger partial charge in [-0.15, -0.1) is 0 Å². The highest BCUT2D eigenvalue weighted by atomic mass is 35.7. The van der Waals surface area contributed by atoms with Crippen molar-refractivity contribution in [2.24, 2.45) is 0 Å². The van der Waals surface area contributed by atoms with E-state index in [1.54, 1.807) is 0 Å². The van der Waals surface area contributed by atoms with E-state index in [1.807, 2.05) is 4.72 Å². The van der Waals surface area contributed by atoms with Crippen molar-refractivity contribution >= 4 is 45.3 Å². The lowest BCUT2D eigenvalue weighted by Gasteiger charge is -2.09. The molecule has 0 spiro atoms. The molecule has 120 valence electrons. The summed E-state index contributed by atoms with van der Waals surface area (Å²) in [7, 11) is -6.71. The third-order valence-electron chi connectivity index (χ3n) is 2.21. The Labute approximate surface area is 126 Å². The van der Waals surface area contributed by atoms with Crippen molar-refractivity contribution in [1.29, 1.82) is 0 Å². The van der Waals surface area contributed by atoms with Crippen molar-refractivity contribution in [2.75, 3.05) is 22.5 Å². The highest BCUT2D eigenvalue weighted by Gasteiger charge is 2.18. The Kier molecular flexibility index (Phi) is 5.24. The number of hydrogen-bond acceptors (Lipinski definition) is 6. The van der Waals surface area contributed by atoms with Crippen molar-refractivity contribution in [1.82, 2.24) is 0 Å². The molecule has 12 heteroatoms. The molecule has 0 heterocycles. The topological polar surface area (TPSA) is 114 Å². The summed E-state index contributed by atoms with van der Waals surface area (Å²) in [6.07, 6.45) is 0.864. The maximum Gasteiger partial charge on any atom is 0.261 e. The van der Waals surface area contributed by atoms with E-state index in [0.29, 0.717) is 6.07 Å². The molecule has 0 aromatic heterocycles. The minimum atomic E-state index is -4.14. The van der Waals surface area contributed by atoms with Crippen LogP contribution in [0.25, 0.3) is 0 Å². The Morgan fingerprint density at radius 2 is 1.67 bits per heavy atom. The smallest absolute Gasteiger partial charge is 0.261 e. The van der Waals surface area contributed by atoms with E-state index in [1.165, 1.54) is 0 Å². The van der Waals surface area contributed by atoms with E-state index in [2.05, 4.69) is 0 Å². The fourth-order valence-corrected chi connectivity index (χ4v) is 4.66. The summed E-state index contributed by atoms with van der Waals surface area (Å²) in [5, 5.41) is 0. The minimum Gasteiger partial charge on any atom is -0.281 e. The standard InChI is InChI=1S/C9H11ClFNO6S3/c1-19(13,14)4-5-20(15,16)12-9-3-2-7(6-8(9)11)21(10,17)18/h2-3,6,12H,4-5H2,1H3. The number of anilines is 1. The Hall–Kier alpha value is -0.910. The Balaban J connectivity index is 2.99. The Bertz CT molecular complexity index is 847. The van der Waals surface area contributed by atoms with Gasteiger partial charge in [0.2, 0.25) is 10.0 Å². The van der Waals surface area contributed by atoms with Gasteiger partial charge in [-0.1, -0.05) is 0 Å². The van der Waals surface area contributed by atoms with Crippen LogP contribution in [-0.2, 0) is 28.9 Å². The number of sulfonamides is 1. The zero-order chi connectivity index (χ0) is 16.5. The second-order valence-electron chi connectivity index (χ2n) is 4.13. The maximum atomic E-state index is 13.6. The maximum absolute atomic E-state index is 13.6. The minimum absolute atomic E-state index is 0.507. The van der Waals surface area contributed by atoms with Gasteiger partial charge in [0.15, 0.2) is 0 Å². The van der Waals surface area contributed by atoms with Crippen LogP contribution in [0.5, 0.6) is 0 Å². The van der Waals surface area contributed by atoms with Gasteiger partial charge in [0, 0.05) is 16.9 Å². The first-order chi connectivity index (χ1) is 9.30. The average Bonchev–Trinajstić information content (AvgIpc) is 2.27. The van der Waals surface area contributed by atoms with Gasteiger partial charge in [0.1, 0.15) is 15.7 Å². The van der Waals surface area contributed by atoms with Crippen molar-refractivity contribution in [3.05, 3.63) is 24.0 Å². The van der Waals surface area contributed by atoms with Crippen LogP contribution in [0.1, 0.15) is 0 Å². The summed E-state index contributed by atoms with van der Waals surface area (Å²) in [6, 6.07) is 2.35. The van der Waals surface area contributed by atoms with Crippen LogP contribution in [0, 0.1) is 5.82 Å². The first-order valence-corrected chi connectivity index (χ1v) is 11.2. The summed E-state index contributed by atoms with van der Waals surface area (Å²) in [4.78, 5) is -0.527. The first-order valence-electron chi connectivity index (χ1n) is 5.23. The van der Waals surface area contributed by atoms with Gasteiger partial charge < -0.3 is 0 Å². The summed E-state index contributed by atoms with van der Waals surface area (Å²) in [6.45, 7) is 0. The van der Waals surface area contributed by atoms with Gasteiger partial charge >= 0.3 is 0 Å². The molecule has 0 unspecified atom stereocenters. The van der Waals surface area contributed by atoms with Crippen molar-refractivity contribution < 1.29 is 29.6 Å². The number of sulfone groups is 1. The third-order valence-corrected chi connectivity index (χ3v) is 6.04. The van der Waals surface area contributed by atoms with E-state index in [9.17, 15) is 29.6 Å². The van der Waals surface area contributed by atoms with E-state index >= 15 is 0 Å². The van der Waals surface area contributed by atoms with Crippen LogP contribution in [0.15, 0.2) is 23.1 Å². The van der Waals surface area contributed by atoms with Gasteiger partial charge in [-0.25, -0.2) is 29.6 Å². The van der Waals surface area contributed by atoms with Crippen LogP contribution in [0.2, 0.25) is 0 Å². The lowest BCUT2D eigenvalue weighted by Crippen LogP contribution is -2.23. The molecule has 21 heavy (non-hydrogen) atoms. The number of hydrogen-bond donors (Lipinski definition) is 1. The summed E-state index contributed by atoms with van der Waals surface area (Å²) < 4.78 is 82.4. The Morgan fingerprint density at radius 1 is 1.10 bits per heavy atom. The van der Waals surface area contributed by atoms with Gasteiger partial charge in [-0.05, 0) is 18.2 Å². The Morgan fingerprint density at radius 3 is 2.10 bits per heavy atom. The molecule has 0 bridgehead atoms. The second kappa shape index (κ2) is 6.07. The zero-order valence-electron chi connectivity index (χ0n) is 10.6. The van der Waals surface area contributed by atoms with Gasteiger partial charge in [0.25, 0.3) is 9.05 Å². The molecular weight excluding hydrogens is 369 g/mol. The molecular formula is C9H11ClFNO6S3. The van der Waals surface area contributed by atoms with E-state index in [-0.39, 0.29) is 0 Å². The molecule has 0 aliphatic heterocycles. The molecule has 0 amide bonds. The van der Waals surface area contributed by atoms with Gasteiger partial charge in [0.05, 0.1) is 22.1 Å². The second-order valence-corrected chi connectivity index (χ2v) is 10.8. The summed E-state index contributed by atoms with van der Waals surface area (Å²) in [5.41, 5.74) is -0.507. The molecule has 0 radical (unpaired) electrons. The van der Waals surface area contributed by atoms with Crippen LogP contribution in [-0.4, -0.2) is 43.0 Å². The van der Waals surface area contributed by atoms with E-state index in [0.717, 1.165) is 18.4 Å². The quantitative estimate of drug-likeness (QED) is 0.721. The molecule has 0 fully saturated rings. The average molecular weight is 380 g/mol. The highest BCUT2D eigenvalue weighted by Crippen LogP contribution is 2.22. The van der Waals surface area contributed by atoms with Gasteiger partial charge in [-0.3, -0.25) is 4.72 Å². The molecule has 0 saturated heterocycles. The zero-order valence-corrected chi connectivity index (χ0v) is 13.8. The predicted octanol–water partition coefficient (Wildman–Crippen LogP) is 0.540. The SMILES string of the molecule is CS(=O)(=O)CCS(=O)(=O)Nc1ccc(S(=O)(=O)Cl)cc1F. The van der Waals surface area contributed by atoms with Gasteiger partial charge in [-0.2, -0.15) is 0 Å².